The van der Waals surface area contributed by atoms with Gasteiger partial charge in [0.2, 0.25) is 5.95 Å². The Hall–Kier alpha value is -2.66. The van der Waals surface area contributed by atoms with Crippen LogP contribution in [-0.2, 0) is 22.2 Å². The quantitative estimate of drug-likeness (QED) is 0.353. The summed E-state index contributed by atoms with van der Waals surface area (Å²) in [6.45, 7) is 1.67. The van der Waals surface area contributed by atoms with Gasteiger partial charge in [0.05, 0.1) is 18.6 Å². The summed E-state index contributed by atoms with van der Waals surface area (Å²) in [5.74, 6) is -1.01. The second kappa shape index (κ2) is 10.3. The number of halogens is 5. The van der Waals surface area contributed by atoms with Gasteiger partial charge in [-0.05, 0) is 30.5 Å². The topological polar surface area (TPSA) is 112 Å². The first kappa shape index (κ1) is 24.0. The van der Waals surface area contributed by atoms with Crippen LogP contribution >= 0.6 is 11.6 Å². The molecule has 170 valence electrons. The first-order valence-electron chi connectivity index (χ1n) is 9.40. The predicted octanol–water partition coefficient (Wildman–Crippen LogP) is 3.34. The first-order valence-corrected chi connectivity index (χ1v) is 9.78. The average Bonchev–Trinajstić information content (AvgIpc) is 3.15. The summed E-state index contributed by atoms with van der Waals surface area (Å²) in [5.41, 5.74) is 0.934. The summed E-state index contributed by atoms with van der Waals surface area (Å²) in [6, 6.07) is 5.21. The Balaban J connectivity index is 0.000000305. The molecule has 2 aliphatic heterocycles. The minimum absolute atomic E-state index is 0.122. The van der Waals surface area contributed by atoms with Crippen molar-refractivity contribution in [2.75, 3.05) is 24.1 Å². The van der Waals surface area contributed by atoms with Crippen molar-refractivity contribution in [1.82, 2.24) is 9.97 Å². The second-order valence-electron chi connectivity index (χ2n) is 6.88. The van der Waals surface area contributed by atoms with E-state index in [9.17, 15) is 22.7 Å². The number of anilines is 3. The zero-order valence-corrected chi connectivity index (χ0v) is 17.2. The third-order valence-electron chi connectivity index (χ3n) is 4.70. The molecular formula is C18H17BClF4N5O3. The van der Waals surface area contributed by atoms with E-state index in [1.54, 1.807) is 6.07 Å². The van der Waals surface area contributed by atoms with E-state index in [0.29, 0.717) is 22.9 Å². The SMILES string of the molecule is N#CC1CCOCC1.OB1OCc2cc(Nc3ncc(C(F)(F)F)c(NF)n3)cc(Cl)c21. The van der Waals surface area contributed by atoms with E-state index in [1.165, 1.54) is 6.07 Å². The molecule has 2 aromatic rings. The lowest BCUT2D eigenvalue weighted by atomic mass is 9.79. The van der Waals surface area contributed by atoms with E-state index in [-0.39, 0.29) is 23.5 Å². The minimum Gasteiger partial charge on any atom is -0.423 e. The molecule has 1 aromatic heterocycles. The number of alkyl halides is 3. The van der Waals surface area contributed by atoms with Crippen LogP contribution in [0.3, 0.4) is 0 Å². The van der Waals surface area contributed by atoms with Crippen LogP contribution in [-0.4, -0.2) is 35.3 Å². The fourth-order valence-electron chi connectivity index (χ4n) is 3.07. The lowest BCUT2D eigenvalue weighted by molar-refractivity contribution is -0.137. The average molecular weight is 474 g/mol. The molecule has 1 saturated heterocycles. The van der Waals surface area contributed by atoms with E-state index in [4.69, 9.17) is 26.3 Å². The molecule has 32 heavy (non-hydrogen) atoms. The van der Waals surface area contributed by atoms with Crippen LogP contribution in [0.5, 0.6) is 0 Å². The van der Waals surface area contributed by atoms with Crippen molar-refractivity contribution in [1.29, 1.82) is 5.26 Å². The predicted molar refractivity (Wildman–Crippen MR) is 108 cm³/mol. The fourth-order valence-corrected chi connectivity index (χ4v) is 3.40. The van der Waals surface area contributed by atoms with Gasteiger partial charge < -0.3 is 19.7 Å². The summed E-state index contributed by atoms with van der Waals surface area (Å²) < 4.78 is 60.7. The molecule has 0 atom stereocenters. The molecule has 8 nitrogen and oxygen atoms in total. The number of aromatic nitrogens is 2. The van der Waals surface area contributed by atoms with Crippen LogP contribution in [0.4, 0.5) is 35.1 Å². The number of fused-ring (bicyclic) bond motifs is 1. The zero-order valence-electron chi connectivity index (χ0n) is 16.4. The van der Waals surface area contributed by atoms with Gasteiger partial charge in [0.15, 0.2) is 5.82 Å². The standard InChI is InChI=1S/C12H8BClF4N4O2.C6H9NO/c14-8-2-6(1-5-4-24-13(23)9(5)8)20-11-19-3-7(12(15,16)17)10(21-11)22-18;7-5-6-1-3-8-4-2-6/h1-3,23H,4H2,(H2,19,20,21,22);6H,1-4H2. The van der Waals surface area contributed by atoms with Gasteiger partial charge in [-0.1, -0.05) is 11.6 Å². The lowest BCUT2D eigenvalue weighted by Crippen LogP contribution is -2.29. The Morgan fingerprint density at radius 2 is 2.00 bits per heavy atom. The van der Waals surface area contributed by atoms with Crippen molar-refractivity contribution in [3.63, 3.8) is 0 Å². The maximum atomic E-state index is 12.7. The van der Waals surface area contributed by atoms with Crippen LogP contribution in [0.15, 0.2) is 18.3 Å². The molecule has 0 aliphatic carbocycles. The highest BCUT2D eigenvalue weighted by Crippen LogP contribution is 2.34. The summed E-state index contributed by atoms with van der Waals surface area (Å²) in [4.78, 5) is 6.95. The van der Waals surface area contributed by atoms with E-state index in [1.807, 2.05) is 0 Å². The number of nitrogens with one attached hydrogen (secondary N) is 2. The highest BCUT2D eigenvalue weighted by atomic mass is 35.5. The fraction of sp³-hybridized carbons (Fsp3) is 0.389. The van der Waals surface area contributed by atoms with Gasteiger partial charge in [0.25, 0.3) is 0 Å². The van der Waals surface area contributed by atoms with Gasteiger partial charge >= 0.3 is 13.3 Å². The van der Waals surface area contributed by atoms with E-state index < -0.39 is 24.7 Å². The summed E-state index contributed by atoms with van der Waals surface area (Å²) in [7, 11) is -1.13. The summed E-state index contributed by atoms with van der Waals surface area (Å²) in [5, 5.41) is 20.8. The molecular weight excluding hydrogens is 456 g/mol. The number of rotatable bonds is 3. The molecule has 3 heterocycles. The number of hydrogen-bond acceptors (Lipinski definition) is 8. The molecule has 0 unspecified atom stereocenters. The Kier molecular flexibility index (Phi) is 7.73. The number of nitriles is 1. The van der Waals surface area contributed by atoms with Crippen molar-refractivity contribution in [3.8, 4) is 6.07 Å². The van der Waals surface area contributed by atoms with Gasteiger partial charge in [-0.3, -0.25) is 0 Å². The smallest absolute Gasteiger partial charge is 0.423 e. The van der Waals surface area contributed by atoms with Gasteiger partial charge in [0, 0.05) is 35.6 Å². The number of nitrogens with zero attached hydrogens (tertiary/aromatic N) is 3. The Labute approximate surface area is 185 Å². The van der Waals surface area contributed by atoms with Gasteiger partial charge in [-0.25, -0.2) is 10.5 Å². The number of benzene rings is 1. The Bertz CT molecular complexity index is 1000. The summed E-state index contributed by atoms with van der Waals surface area (Å²) >= 11 is 6.04. The van der Waals surface area contributed by atoms with Crippen LogP contribution in [0, 0.1) is 17.2 Å². The maximum absolute atomic E-state index is 12.7. The zero-order chi connectivity index (χ0) is 23.3. The molecule has 14 heteroatoms. The summed E-state index contributed by atoms with van der Waals surface area (Å²) in [6.07, 6.45) is -2.48. The van der Waals surface area contributed by atoms with Crippen molar-refractivity contribution in [2.45, 2.75) is 25.6 Å². The van der Waals surface area contributed by atoms with Gasteiger partial charge in [-0.15, -0.1) is 4.48 Å². The molecule has 2 aliphatic rings. The Morgan fingerprint density at radius 3 is 2.59 bits per heavy atom. The van der Waals surface area contributed by atoms with E-state index in [0.717, 1.165) is 31.6 Å². The number of ether oxygens (including phenoxy) is 1. The third kappa shape index (κ3) is 5.77. The van der Waals surface area contributed by atoms with Crippen molar-refractivity contribution < 1.29 is 32.1 Å². The third-order valence-corrected chi connectivity index (χ3v) is 5.02. The molecule has 0 bridgehead atoms. The second-order valence-corrected chi connectivity index (χ2v) is 7.29. The van der Waals surface area contributed by atoms with Crippen LogP contribution in [0.25, 0.3) is 0 Å². The van der Waals surface area contributed by atoms with E-state index >= 15 is 0 Å². The maximum Gasteiger partial charge on any atom is 0.493 e. The Morgan fingerprint density at radius 1 is 1.28 bits per heavy atom. The largest absolute Gasteiger partial charge is 0.493 e. The van der Waals surface area contributed by atoms with Crippen molar-refractivity contribution >= 4 is 41.6 Å². The van der Waals surface area contributed by atoms with Crippen LogP contribution in [0.2, 0.25) is 5.02 Å². The van der Waals surface area contributed by atoms with Gasteiger partial charge in [-0.2, -0.15) is 23.4 Å². The molecule has 0 radical (unpaired) electrons. The molecule has 0 amide bonds. The number of hydrogen-bond donors (Lipinski definition) is 3. The minimum atomic E-state index is -4.79. The molecule has 0 spiro atoms. The lowest BCUT2D eigenvalue weighted by Gasteiger charge is -2.14. The normalized spacial score (nSPS) is 16.0. The van der Waals surface area contributed by atoms with Crippen LogP contribution < -0.4 is 16.3 Å². The van der Waals surface area contributed by atoms with Crippen molar-refractivity contribution in [2.24, 2.45) is 5.92 Å². The molecule has 0 saturated carbocycles. The monoisotopic (exact) mass is 473 g/mol. The highest BCUT2D eigenvalue weighted by Gasteiger charge is 2.35. The first-order chi connectivity index (χ1) is 15.2. The highest BCUT2D eigenvalue weighted by molar-refractivity contribution is 6.65. The molecule has 3 N–H and O–H groups in total. The van der Waals surface area contributed by atoms with Crippen molar-refractivity contribution in [3.05, 3.63) is 34.5 Å². The van der Waals surface area contributed by atoms with Crippen LogP contribution in [0.1, 0.15) is 24.0 Å². The van der Waals surface area contributed by atoms with E-state index in [2.05, 4.69) is 21.4 Å². The molecule has 4 rings (SSSR count). The van der Waals surface area contributed by atoms with Gasteiger partial charge in [0.1, 0.15) is 5.56 Å². The molecule has 1 fully saturated rings. The molecule has 1 aromatic carbocycles.